The van der Waals surface area contributed by atoms with Gasteiger partial charge < -0.3 is 5.32 Å². The van der Waals surface area contributed by atoms with Crippen molar-refractivity contribution in [3.8, 4) is 6.07 Å². The summed E-state index contributed by atoms with van der Waals surface area (Å²) in [5, 5.41) is 11.4. The van der Waals surface area contributed by atoms with Crippen LogP contribution in [0.1, 0.15) is 26.7 Å². The lowest BCUT2D eigenvalue weighted by Gasteiger charge is -2.23. The molecule has 0 aromatic carbocycles. The first-order valence-electron chi connectivity index (χ1n) is 4.89. The third-order valence-corrected chi connectivity index (χ3v) is 4.06. The average molecular weight is 212 g/mol. The first-order valence-corrected chi connectivity index (χ1v) is 5.87. The number of rotatable bonds is 3. The molecular weight excluding hydrogens is 196 g/mol. The summed E-state index contributed by atoms with van der Waals surface area (Å²) in [4.78, 5) is 11.3. The lowest BCUT2D eigenvalue weighted by molar-refractivity contribution is -0.123. The maximum atomic E-state index is 11.3. The van der Waals surface area contributed by atoms with Gasteiger partial charge in [-0.1, -0.05) is 0 Å². The van der Waals surface area contributed by atoms with Gasteiger partial charge in [-0.15, -0.1) is 0 Å². The van der Waals surface area contributed by atoms with Crippen LogP contribution in [0.3, 0.4) is 0 Å². The van der Waals surface area contributed by atoms with Gasteiger partial charge in [0.2, 0.25) is 5.91 Å². The minimum Gasteiger partial charge on any atom is -0.354 e. The van der Waals surface area contributed by atoms with Gasteiger partial charge in [0.25, 0.3) is 0 Å². The molecule has 2 unspecified atom stereocenters. The van der Waals surface area contributed by atoms with Gasteiger partial charge in [-0.05, 0) is 32.4 Å². The third-order valence-electron chi connectivity index (χ3n) is 2.52. The molecule has 14 heavy (non-hydrogen) atoms. The summed E-state index contributed by atoms with van der Waals surface area (Å²) in [5.41, 5.74) is 0. The van der Waals surface area contributed by atoms with Crippen LogP contribution >= 0.6 is 11.8 Å². The molecule has 0 bridgehead atoms. The smallest absolute Gasteiger partial charge is 0.237 e. The van der Waals surface area contributed by atoms with E-state index in [1.54, 1.807) is 6.92 Å². The summed E-state index contributed by atoms with van der Waals surface area (Å²) < 4.78 is 0.185. The highest BCUT2D eigenvalue weighted by Gasteiger charge is 2.30. The highest BCUT2D eigenvalue weighted by molar-refractivity contribution is 8.00. The van der Waals surface area contributed by atoms with Crippen molar-refractivity contribution in [3.05, 3.63) is 0 Å². The highest BCUT2D eigenvalue weighted by atomic mass is 32.2. The molecule has 0 aromatic heterocycles. The minimum absolute atomic E-state index is 0.152. The third kappa shape index (κ3) is 2.91. The molecule has 1 saturated heterocycles. The molecule has 4 heteroatoms. The van der Waals surface area contributed by atoms with Gasteiger partial charge in [0, 0.05) is 11.3 Å². The van der Waals surface area contributed by atoms with Crippen LogP contribution in [0, 0.1) is 17.2 Å². The van der Waals surface area contributed by atoms with E-state index in [-0.39, 0.29) is 10.7 Å². The van der Waals surface area contributed by atoms with Gasteiger partial charge in [-0.25, -0.2) is 0 Å². The van der Waals surface area contributed by atoms with Gasteiger partial charge in [-0.3, -0.25) is 4.79 Å². The number of hydrogen-bond acceptors (Lipinski definition) is 3. The number of nitriles is 1. The van der Waals surface area contributed by atoms with E-state index in [2.05, 4.69) is 12.2 Å². The van der Waals surface area contributed by atoms with E-state index in [0.717, 1.165) is 6.42 Å². The Morgan fingerprint density at radius 2 is 2.50 bits per heavy atom. The summed E-state index contributed by atoms with van der Waals surface area (Å²) in [6, 6.07) is 1.93. The van der Waals surface area contributed by atoms with Crippen molar-refractivity contribution in [1.29, 1.82) is 5.26 Å². The molecule has 1 rings (SSSR count). The minimum atomic E-state index is -0.537. The molecule has 1 aliphatic heterocycles. The second-order valence-electron chi connectivity index (χ2n) is 3.97. The van der Waals surface area contributed by atoms with Crippen LogP contribution < -0.4 is 5.32 Å². The van der Waals surface area contributed by atoms with Crippen LogP contribution in [0.5, 0.6) is 0 Å². The fourth-order valence-electron chi connectivity index (χ4n) is 1.46. The fraction of sp³-hybridized carbons (Fsp3) is 0.800. The van der Waals surface area contributed by atoms with Gasteiger partial charge >= 0.3 is 0 Å². The Balaban J connectivity index is 2.33. The lowest BCUT2D eigenvalue weighted by Crippen LogP contribution is -2.38. The summed E-state index contributed by atoms with van der Waals surface area (Å²) in [5.74, 6) is 0.492. The van der Waals surface area contributed by atoms with Gasteiger partial charge in [0.1, 0.15) is 5.92 Å². The molecule has 1 fully saturated rings. The summed E-state index contributed by atoms with van der Waals surface area (Å²) in [6.45, 7) is 4.48. The number of carbonyl (C=O) groups excluding carboxylic acids is 1. The number of amides is 1. The summed E-state index contributed by atoms with van der Waals surface area (Å²) in [6.07, 6.45) is 2.38. The topological polar surface area (TPSA) is 52.9 Å². The van der Waals surface area contributed by atoms with Crippen LogP contribution in [-0.4, -0.2) is 23.0 Å². The van der Waals surface area contributed by atoms with Crippen molar-refractivity contribution in [2.24, 2.45) is 5.92 Å². The molecule has 0 aliphatic carbocycles. The van der Waals surface area contributed by atoms with E-state index >= 15 is 0 Å². The largest absolute Gasteiger partial charge is 0.354 e. The monoisotopic (exact) mass is 212 g/mol. The maximum Gasteiger partial charge on any atom is 0.237 e. The molecule has 1 heterocycles. The van der Waals surface area contributed by atoms with Gasteiger partial charge in [-0.2, -0.15) is 17.0 Å². The van der Waals surface area contributed by atoms with Gasteiger partial charge in [0.15, 0.2) is 0 Å². The number of thioether (sulfide) groups is 1. The molecule has 1 aliphatic rings. The quantitative estimate of drug-likeness (QED) is 0.772. The molecule has 1 N–H and O–H groups in total. The first-order chi connectivity index (χ1) is 6.57. The van der Waals surface area contributed by atoms with E-state index in [1.165, 1.54) is 12.2 Å². The van der Waals surface area contributed by atoms with Crippen LogP contribution in [-0.2, 0) is 4.79 Å². The molecule has 0 spiro atoms. The van der Waals surface area contributed by atoms with Crippen LogP contribution in [0.15, 0.2) is 0 Å². The molecule has 2 atom stereocenters. The van der Waals surface area contributed by atoms with Crippen molar-refractivity contribution in [2.45, 2.75) is 31.4 Å². The Morgan fingerprint density at radius 3 is 3.00 bits per heavy atom. The standard InChI is InChI=1S/C10H16N2OS/c1-8(6-11)9(13)12-7-10(2)4-3-5-14-10/h8H,3-5,7H2,1-2H3,(H,12,13). The lowest BCUT2D eigenvalue weighted by atomic mass is 10.1. The normalized spacial score (nSPS) is 28.1. The number of hydrogen-bond donors (Lipinski definition) is 1. The Morgan fingerprint density at radius 1 is 1.79 bits per heavy atom. The SMILES string of the molecule is CC(C#N)C(=O)NCC1(C)CCCS1. The van der Waals surface area contributed by atoms with Crippen molar-refractivity contribution in [2.75, 3.05) is 12.3 Å². The van der Waals surface area contributed by atoms with Crippen molar-refractivity contribution in [3.63, 3.8) is 0 Å². The average Bonchev–Trinajstić information content (AvgIpc) is 2.61. The second kappa shape index (κ2) is 4.70. The molecule has 0 aromatic rings. The fourth-order valence-corrected chi connectivity index (χ4v) is 2.71. The first kappa shape index (κ1) is 11.4. The molecule has 3 nitrogen and oxygen atoms in total. The zero-order valence-corrected chi connectivity index (χ0v) is 9.49. The maximum absolute atomic E-state index is 11.3. The predicted molar refractivity (Wildman–Crippen MR) is 57.9 cm³/mol. The second-order valence-corrected chi connectivity index (χ2v) is 5.65. The zero-order valence-electron chi connectivity index (χ0n) is 8.67. The van der Waals surface area contributed by atoms with Crippen LogP contribution in [0.4, 0.5) is 0 Å². The van der Waals surface area contributed by atoms with Crippen LogP contribution in [0.2, 0.25) is 0 Å². The zero-order chi connectivity index (χ0) is 10.6. The summed E-state index contributed by atoms with van der Waals surface area (Å²) in [7, 11) is 0. The van der Waals surface area contributed by atoms with E-state index in [9.17, 15) is 4.79 Å². The highest BCUT2D eigenvalue weighted by Crippen LogP contribution is 2.36. The van der Waals surface area contributed by atoms with E-state index in [1.807, 2.05) is 17.8 Å². The molecule has 1 amide bonds. The molecule has 0 radical (unpaired) electrons. The summed E-state index contributed by atoms with van der Waals surface area (Å²) >= 11 is 1.91. The van der Waals surface area contributed by atoms with Gasteiger partial charge in [0.05, 0.1) is 6.07 Å². The molecule has 78 valence electrons. The Bertz CT molecular complexity index is 253. The molecule has 0 saturated carbocycles. The van der Waals surface area contributed by atoms with E-state index in [4.69, 9.17) is 5.26 Å². The molecular formula is C10H16N2OS. The number of nitrogens with one attached hydrogen (secondary N) is 1. The van der Waals surface area contributed by atoms with Crippen molar-refractivity contribution >= 4 is 17.7 Å². The van der Waals surface area contributed by atoms with E-state index < -0.39 is 5.92 Å². The van der Waals surface area contributed by atoms with Crippen LogP contribution in [0.25, 0.3) is 0 Å². The van der Waals surface area contributed by atoms with Crippen molar-refractivity contribution in [1.82, 2.24) is 5.32 Å². The Labute approximate surface area is 89.2 Å². The number of nitrogens with zero attached hydrogens (tertiary/aromatic N) is 1. The van der Waals surface area contributed by atoms with E-state index in [0.29, 0.717) is 6.54 Å². The Hall–Kier alpha value is -0.690. The Kier molecular flexibility index (Phi) is 3.82. The number of carbonyl (C=O) groups is 1. The predicted octanol–water partition coefficient (Wildman–Crippen LogP) is 1.55. The van der Waals surface area contributed by atoms with Crippen molar-refractivity contribution < 1.29 is 4.79 Å².